The Labute approximate surface area is 142 Å². The molecule has 2 aromatic heterocycles. The van der Waals surface area contributed by atoms with Gasteiger partial charge in [0.25, 0.3) is 0 Å². The molecule has 0 unspecified atom stereocenters. The van der Waals surface area contributed by atoms with Gasteiger partial charge in [0.15, 0.2) is 10.5 Å². The maximum Gasteiger partial charge on any atom is 0.312 e. The van der Waals surface area contributed by atoms with Crippen LogP contribution >= 0.6 is 0 Å². The van der Waals surface area contributed by atoms with Crippen LogP contribution in [0.2, 0.25) is 0 Å². The lowest BCUT2D eigenvalue weighted by molar-refractivity contribution is -0.386. The Balaban J connectivity index is 1.83. The zero-order chi connectivity index (χ0) is 18.0. The first kappa shape index (κ1) is 16.8. The molecule has 0 saturated heterocycles. The number of para-hydroxylation sites is 1. The number of fused-ring (bicyclic) bond motifs is 1. The second-order valence-electron chi connectivity index (χ2n) is 5.18. The largest absolute Gasteiger partial charge is 0.379 e. The number of hydrogen-bond acceptors (Lipinski definition) is 7. The number of nitro groups is 1. The van der Waals surface area contributed by atoms with Crippen LogP contribution in [-0.4, -0.2) is 34.5 Å². The maximum absolute atomic E-state index is 11.5. The number of pyridine rings is 1. The van der Waals surface area contributed by atoms with Crippen molar-refractivity contribution < 1.29 is 13.3 Å². The van der Waals surface area contributed by atoms with Gasteiger partial charge >= 0.3 is 5.69 Å². The molecule has 0 saturated carbocycles. The van der Waals surface area contributed by atoms with Crippen LogP contribution in [0.5, 0.6) is 0 Å². The van der Waals surface area contributed by atoms with E-state index >= 15 is 0 Å². The quantitative estimate of drug-likeness (QED) is 0.490. The number of primary sulfonamides is 1. The average molecular weight is 362 g/mol. The van der Waals surface area contributed by atoms with Gasteiger partial charge in [0.1, 0.15) is 11.5 Å². The summed E-state index contributed by atoms with van der Waals surface area (Å²) in [4.78, 5) is 9.97. The van der Waals surface area contributed by atoms with E-state index < -0.39 is 25.5 Å². The van der Waals surface area contributed by atoms with Gasteiger partial charge in [-0.3, -0.25) is 14.5 Å². The molecule has 25 heavy (non-hydrogen) atoms. The molecule has 0 atom stereocenters. The van der Waals surface area contributed by atoms with Gasteiger partial charge in [-0.15, -0.1) is 10.2 Å². The summed E-state index contributed by atoms with van der Waals surface area (Å²) < 4.78 is 24.9. The molecule has 3 rings (SSSR count). The minimum Gasteiger partial charge on any atom is -0.379 e. The molecule has 0 radical (unpaired) electrons. The van der Waals surface area contributed by atoms with Crippen LogP contribution < -0.4 is 10.5 Å². The maximum atomic E-state index is 11.5. The van der Waals surface area contributed by atoms with E-state index in [4.69, 9.17) is 5.14 Å². The van der Waals surface area contributed by atoms with Crippen molar-refractivity contribution in [2.45, 2.75) is 11.3 Å². The van der Waals surface area contributed by atoms with Gasteiger partial charge in [-0.1, -0.05) is 12.1 Å². The zero-order valence-electron chi connectivity index (χ0n) is 12.9. The third-order valence-electron chi connectivity index (χ3n) is 3.54. The molecule has 130 valence electrons. The van der Waals surface area contributed by atoms with Gasteiger partial charge in [-0.05, 0) is 24.3 Å². The second-order valence-corrected chi connectivity index (χ2v) is 6.71. The lowest BCUT2D eigenvalue weighted by Gasteiger charge is -2.09. The van der Waals surface area contributed by atoms with Gasteiger partial charge in [-0.25, -0.2) is 13.6 Å². The minimum atomic E-state index is -4.21. The Morgan fingerprint density at radius 1 is 1.20 bits per heavy atom. The van der Waals surface area contributed by atoms with Crippen LogP contribution in [0.1, 0.15) is 5.82 Å². The van der Waals surface area contributed by atoms with Gasteiger partial charge < -0.3 is 5.32 Å². The summed E-state index contributed by atoms with van der Waals surface area (Å²) in [5.74, 6) is 0.674. The first-order valence-electron chi connectivity index (χ1n) is 7.20. The van der Waals surface area contributed by atoms with Crippen molar-refractivity contribution in [3.8, 4) is 0 Å². The van der Waals surface area contributed by atoms with E-state index in [1.165, 1.54) is 12.1 Å². The number of rotatable bonds is 6. The van der Waals surface area contributed by atoms with E-state index in [1.54, 1.807) is 4.40 Å². The van der Waals surface area contributed by atoms with Crippen LogP contribution in [0.25, 0.3) is 5.65 Å². The summed E-state index contributed by atoms with van der Waals surface area (Å²) in [6.07, 6.45) is 2.25. The van der Waals surface area contributed by atoms with Crippen molar-refractivity contribution in [2.24, 2.45) is 5.14 Å². The second kappa shape index (κ2) is 6.45. The number of hydrogen-bond donors (Lipinski definition) is 2. The third-order valence-corrected chi connectivity index (χ3v) is 4.48. The first-order chi connectivity index (χ1) is 11.9. The van der Waals surface area contributed by atoms with E-state index in [2.05, 4.69) is 15.5 Å². The summed E-state index contributed by atoms with van der Waals surface area (Å²) >= 11 is 0. The summed E-state index contributed by atoms with van der Waals surface area (Å²) in [6.45, 7) is 0.296. The highest BCUT2D eigenvalue weighted by Gasteiger charge is 2.26. The fraction of sp³-hybridized carbons (Fsp3) is 0.143. The van der Waals surface area contributed by atoms with Gasteiger partial charge in [0.2, 0.25) is 10.0 Å². The van der Waals surface area contributed by atoms with Crippen LogP contribution in [-0.2, 0) is 16.4 Å². The van der Waals surface area contributed by atoms with Crippen molar-refractivity contribution in [3.63, 3.8) is 0 Å². The number of nitrogens with two attached hydrogens (primary N) is 1. The number of anilines is 1. The van der Waals surface area contributed by atoms with E-state index in [-0.39, 0.29) is 5.69 Å². The fourth-order valence-corrected chi connectivity index (χ4v) is 3.18. The first-order valence-corrected chi connectivity index (χ1v) is 8.75. The molecule has 1 aromatic carbocycles. The molecule has 3 N–H and O–H groups in total. The predicted octanol–water partition coefficient (Wildman–Crippen LogP) is 0.939. The van der Waals surface area contributed by atoms with E-state index in [9.17, 15) is 18.5 Å². The number of nitro benzene ring substituents is 1. The standard InChI is InChI=1S/C14H14N6O4S/c15-25(23,24)11-5-3-4-10(14(11)20(21)22)16-8-7-13-18-17-12-6-1-2-9-19(12)13/h1-6,9,16H,7-8H2,(H2,15,23,24). The van der Waals surface area contributed by atoms with Crippen molar-refractivity contribution in [2.75, 3.05) is 11.9 Å². The molecule has 0 bridgehead atoms. The number of nitrogens with one attached hydrogen (secondary N) is 1. The van der Waals surface area contributed by atoms with E-state index in [1.807, 2.05) is 24.4 Å². The lowest BCUT2D eigenvalue weighted by Crippen LogP contribution is -2.16. The number of benzene rings is 1. The molecule has 0 amide bonds. The number of sulfonamides is 1. The van der Waals surface area contributed by atoms with Crippen LogP contribution in [0.3, 0.4) is 0 Å². The molecular formula is C14H14N6O4S. The molecule has 2 heterocycles. The summed E-state index contributed by atoms with van der Waals surface area (Å²) in [5.41, 5.74) is 0.196. The summed E-state index contributed by atoms with van der Waals surface area (Å²) in [6, 6.07) is 9.41. The molecule has 10 nitrogen and oxygen atoms in total. The van der Waals surface area contributed by atoms with Crippen molar-refractivity contribution in [1.29, 1.82) is 0 Å². The van der Waals surface area contributed by atoms with E-state index in [0.717, 1.165) is 6.07 Å². The topological polar surface area (TPSA) is 146 Å². The molecule has 0 aliphatic heterocycles. The minimum absolute atomic E-state index is 0.0744. The van der Waals surface area contributed by atoms with Crippen molar-refractivity contribution >= 4 is 27.0 Å². The lowest BCUT2D eigenvalue weighted by atomic mass is 10.2. The van der Waals surface area contributed by atoms with Crippen LogP contribution in [0.4, 0.5) is 11.4 Å². The summed E-state index contributed by atoms with van der Waals surface area (Å²) in [5, 5.41) is 27.3. The zero-order valence-corrected chi connectivity index (χ0v) is 13.7. The Morgan fingerprint density at radius 2 is 2.00 bits per heavy atom. The Bertz CT molecular complexity index is 1050. The molecule has 3 aromatic rings. The molecule has 0 aliphatic rings. The van der Waals surface area contributed by atoms with Gasteiger partial charge in [0.05, 0.1) is 4.92 Å². The highest BCUT2D eigenvalue weighted by Crippen LogP contribution is 2.31. The van der Waals surface area contributed by atoms with Crippen molar-refractivity contribution in [3.05, 3.63) is 58.5 Å². The molecule has 0 spiro atoms. The third kappa shape index (κ3) is 3.41. The predicted molar refractivity (Wildman–Crippen MR) is 89.7 cm³/mol. The monoisotopic (exact) mass is 362 g/mol. The average Bonchev–Trinajstić information content (AvgIpc) is 2.97. The molecule has 0 aliphatic carbocycles. The van der Waals surface area contributed by atoms with Crippen molar-refractivity contribution in [1.82, 2.24) is 14.6 Å². The van der Waals surface area contributed by atoms with E-state index in [0.29, 0.717) is 24.4 Å². The Morgan fingerprint density at radius 3 is 2.72 bits per heavy atom. The van der Waals surface area contributed by atoms with Gasteiger partial charge in [-0.2, -0.15) is 0 Å². The van der Waals surface area contributed by atoms with Crippen LogP contribution in [0, 0.1) is 10.1 Å². The van der Waals surface area contributed by atoms with Crippen LogP contribution in [0.15, 0.2) is 47.5 Å². The molecule has 0 fully saturated rings. The smallest absolute Gasteiger partial charge is 0.312 e. The number of aromatic nitrogens is 3. The fourth-order valence-electron chi connectivity index (χ4n) is 2.45. The Kier molecular flexibility index (Phi) is 4.33. The molecule has 11 heteroatoms. The normalized spacial score (nSPS) is 11.6. The SMILES string of the molecule is NS(=O)(=O)c1cccc(NCCc2nnc3ccccn23)c1[N+](=O)[O-]. The highest BCUT2D eigenvalue weighted by molar-refractivity contribution is 7.89. The highest BCUT2D eigenvalue weighted by atomic mass is 32.2. The van der Waals surface area contributed by atoms with Gasteiger partial charge in [0, 0.05) is 19.2 Å². The summed E-state index contributed by atoms with van der Waals surface area (Å²) in [7, 11) is -4.21. The molecular weight excluding hydrogens is 348 g/mol. The number of nitrogens with zero attached hydrogens (tertiary/aromatic N) is 4. The Hall–Kier alpha value is -3.05.